The maximum atomic E-state index is 12.2. The lowest BCUT2D eigenvalue weighted by atomic mass is 9.91. The zero-order chi connectivity index (χ0) is 15.6. The number of carbonyl (C=O) groups excluding carboxylic acids is 1. The van der Waals surface area contributed by atoms with E-state index in [-0.39, 0.29) is 17.9 Å². The van der Waals surface area contributed by atoms with E-state index in [1.165, 1.54) is 6.07 Å². The third kappa shape index (κ3) is 4.01. The van der Waals surface area contributed by atoms with Gasteiger partial charge >= 0.3 is 0 Å². The summed E-state index contributed by atoms with van der Waals surface area (Å²) in [5.74, 6) is 0.630. The molecule has 1 amide bonds. The fourth-order valence-corrected chi connectivity index (χ4v) is 1.90. The van der Waals surface area contributed by atoms with Crippen LogP contribution in [0.25, 0.3) is 0 Å². The molecule has 7 heteroatoms. The van der Waals surface area contributed by atoms with Crippen LogP contribution in [0.4, 0.5) is 0 Å². The number of nitrogens with zero attached hydrogens (tertiary/aromatic N) is 3. The quantitative estimate of drug-likeness (QED) is 0.882. The molecular formula is C14H17ClN4O2. The maximum absolute atomic E-state index is 12.2. The summed E-state index contributed by atoms with van der Waals surface area (Å²) in [6.07, 6.45) is 0. The van der Waals surface area contributed by atoms with Gasteiger partial charge in [-0.1, -0.05) is 37.5 Å². The topological polar surface area (TPSA) is 80.9 Å². The Labute approximate surface area is 127 Å². The molecule has 2 heterocycles. The molecule has 0 saturated heterocycles. The lowest BCUT2D eigenvalue weighted by Crippen LogP contribution is -2.24. The van der Waals surface area contributed by atoms with Crippen molar-refractivity contribution in [1.82, 2.24) is 20.4 Å². The molecule has 2 rings (SSSR count). The van der Waals surface area contributed by atoms with Gasteiger partial charge in [-0.05, 0) is 12.1 Å². The van der Waals surface area contributed by atoms with Crippen molar-refractivity contribution in [2.24, 2.45) is 0 Å². The molecule has 1 N–H and O–H groups in total. The second kappa shape index (κ2) is 5.81. The minimum atomic E-state index is -0.257. The highest BCUT2D eigenvalue weighted by Gasteiger charge is 2.19. The molecule has 0 fully saturated rings. The summed E-state index contributed by atoms with van der Waals surface area (Å²) in [6, 6.07) is 3.27. The van der Waals surface area contributed by atoms with Gasteiger partial charge in [-0.3, -0.25) is 4.79 Å². The van der Waals surface area contributed by atoms with E-state index in [0.717, 1.165) is 5.69 Å². The van der Waals surface area contributed by atoms with E-state index < -0.39 is 0 Å². The van der Waals surface area contributed by atoms with Gasteiger partial charge in [0.05, 0.1) is 6.54 Å². The highest BCUT2D eigenvalue weighted by Crippen LogP contribution is 2.23. The van der Waals surface area contributed by atoms with E-state index in [2.05, 4.69) is 20.4 Å². The van der Waals surface area contributed by atoms with Gasteiger partial charge in [0, 0.05) is 23.6 Å². The van der Waals surface area contributed by atoms with Crippen molar-refractivity contribution >= 4 is 17.5 Å². The van der Waals surface area contributed by atoms with Gasteiger partial charge in [0.15, 0.2) is 5.82 Å². The Morgan fingerprint density at radius 3 is 2.62 bits per heavy atom. The van der Waals surface area contributed by atoms with Crippen LogP contribution in [0.2, 0.25) is 5.15 Å². The molecule has 0 saturated carbocycles. The Kier molecular flexibility index (Phi) is 4.27. The predicted octanol–water partition coefficient (Wildman–Crippen LogP) is 2.65. The molecule has 21 heavy (non-hydrogen) atoms. The van der Waals surface area contributed by atoms with Crippen molar-refractivity contribution in [1.29, 1.82) is 0 Å². The van der Waals surface area contributed by atoms with Gasteiger partial charge < -0.3 is 9.84 Å². The smallest absolute Gasteiger partial charge is 0.251 e. The third-order valence-electron chi connectivity index (χ3n) is 2.80. The van der Waals surface area contributed by atoms with E-state index in [9.17, 15) is 4.79 Å². The lowest BCUT2D eigenvalue weighted by Gasteiger charge is -2.18. The monoisotopic (exact) mass is 308 g/mol. The summed E-state index contributed by atoms with van der Waals surface area (Å²) in [5, 5.41) is 6.74. The summed E-state index contributed by atoms with van der Waals surface area (Å²) in [4.78, 5) is 20.4. The molecule has 0 unspecified atom stereocenters. The van der Waals surface area contributed by atoms with Crippen molar-refractivity contribution in [3.05, 3.63) is 40.3 Å². The molecule has 2 aromatic heterocycles. The molecule has 0 atom stereocenters. The third-order valence-corrected chi connectivity index (χ3v) is 3.00. The average molecular weight is 309 g/mol. The van der Waals surface area contributed by atoms with Crippen LogP contribution < -0.4 is 5.32 Å². The SMILES string of the molecule is Cc1nc(CNC(=O)c2cc(Cl)nc(C(C)(C)C)c2)no1. The number of aryl methyl sites for hydroxylation is 1. The van der Waals surface area contributed by atoms with E-state index in [0.29, 0.717) is 22.4 Å². The summed E-state index contributed by atoms with van der Waals surface area (Å²) in [5.41, 5.74) is 1.03. The van der Waals surface area contributed by atoms with E-state index in [4.69, 9.17) is 16.1 Å². The van der Waals surface area contributed by atoms with Crippen LogP contribution in [0, 0.1) is 6.92 Å². The first-order valence-electron chi connectivity index (χ1n) is 6.51. The van der Waals surface area contributed by atoms with Crippen LogP contribution in [-0.2, 0) is 12.0 Å². The fourth-order valence-electron chi connectivity index (χ4n) is 1.69. The van der Waals surface area contributed by atoms with Crippen LogP contribution in [0.3, 0.4) is 0 Å². The zero-order valence-corrected chi connectivity index (χ0v) is 13.2. The first-order chi connectivity index (χ1) is 9.75. The molecule has 6 nitrogen and oxygen atoms in total. The number of hydrogen-bond acceptors (Lipinski definition) is 5. The minimum Gasteiger partial charge on any atom is -0.345 e. The predicted molar refractivity (Wildman–Crippen MR) is 78.2 cm³/mol. The largest absolute Gasteiger partial charge is 0.345 e. The van der Waals surface area contributed by atoms with Gasteiger partial charge in [-0.2, -0.15) is 4.98 Å². The van der Waals surface area contributed by atoms with Crippen molar-refractivity contribution in [2.45, 2.75) is 39.7 Å². The minimum absolute atomic E-state index is 0.190. The number of aromatic nitrogens is 3. The lowest BCUT2D eigenvalue weighted by molar-refractivity contribution is 0.0949. The summed E-state index contributed by atoms with van der Waals surface area (Å²) < 4.78 is 4.84. The standard InChI is InChI=1S/C14H17ClN4O2/c1-8-17-12(19-21-8)7-16-13(20)9-5-10(14(2,3)4)18-11(15)6-9/h5-6H,7H2,1-4H3,(H,16,20). The zero-order valence-electron chi connectivity index (χ0n) is 12.4. The number of nitrogens with one attached hydrogen (secondary N) is 1. The number of pyridine rings is 1. The number of halogens is 1. The van der Waals surface area contributed by atoms with E-state index >= 15 is 0 Å². The van der Waals surface area contributed by atoms with Crippen LogP contribution in [0.15, 0.2) is 16.7 Å². The Balaban J connectivity index is 2.13. The highest BCUT2D eigenvalue weighted by molar-refractivity contribution is 6.29. The molecule has 0 radical (unpaired) electrons. The van der Waals surface area contributed by atoms with E-state index in [1.54, 1.807) is 13.0 Å². The Morgan fingerprint density at radius 2 is 2.05 bits per heavy atom. The molecule has 0 bridgehead atoms. The molecule has 2 aromatic rings. The number of carbonyl (C=O) groups is 1. The normalized spacial score (nSPS) is 11.5. The first kappa shape index (κ1) is 15.4. The van der Waals surface area contributed by atoms with Crippen LogP contribution in [0.1, 0.15) is 48.5 Å². The summed E-state index contributed by atoms with van der Waals surface area (Å²) in [6.45, 7) is 7.91. The van der Waals surface area contributed by atoms with Crippen molar-refractivity contribution in [2.75, 3.05) is 0 Å². The molecule has 0 aromatic carbocycles. The van der Waals surface area contributed by atoms with Crippen molar-refractivity contribution in [3.63, 3.8) is 0 Å². The maximum Gasteiger partial charge on any atom is 0.251 e. The Morgan fingerprint density at radius 1 is 1.33 bits per heavy atom. The van der Waals surface area contributed by atoms with Gasteiger partial charge in [0.2, 0.25) is 5.89 Å². The van der Waals surface area contributed by atoms with Crippen molar-refractivity contribution < 1.29 is 9.32 Å². The van der Waals surface area contributed by atoms with Gasteiger partial charge in [-0.15, -0.1) is 0 Å². The molecule has 0 spiro atoms. The highest BCUT2D eigenvalue weighted by atomic mass is 35.5. The number of amides is 1. The van der Waals surface area contributed by atoms with Gasteiger partial charge in [0.25, 0.3) is 5.91 Å². The average Bonchev–Trinajstić information content (AvgIpc) is 2.80. The molecular weight excluding hydrogens is 292 g/mol. The van der Waals surface area contributed by atoms with E-state index in [1.807, 2.05) is 20.8 Å². The van der Waals surface area contributed by atoms with Crippen LogP contribution in [0.5, 0.6) is 0 Å². The van der Waals surface area contributed by atoms with Gasteiger partial charge in [0.1, 0.15) is 5.15 Å². The molecule has 0 aliphatic rings. The van der Waals surface area contributed by atoms with Gasteiger partial charge in [-0.25, -0.2) is 4.98 Å². The summed E-state index contributed by atoms with van der Waals surface area (Å²) >= 11 is 5.99. The Bertz CT molecular complexity index is 661. The molecule has 0 aliphatic heterocycles. The second-order valence-corrected chi connectivity index (χ2v) is 6.11. The summed E-state index contributed by atoms with van der Waals surface area (Å²) in [7, 11) is 0. The first-order valence-corrected chi connectivity index (χ1v) is 6.89. The molecule has 0 aliphatic carbocycles. The van der Waals surface area contributed by atoms with Crippen LogP contribution in [-0.4, -0.2) is 21.0 Å². The molecule has 112 valence electrons. The second-order valence-electron chi connectivity index (χ2n) is 5.73. The van der Waals surface area contributed by atoms with Crippen LogP contribution >= 0.6 is 11.6 Å². The van der Waals surface area contributed by atoms with Crippen molar-refractivity contribution in [3.8, 4) is 0 Å². The number of rotatable bonds is 3. The Hall–Kier alpha value is -1.95. The number of hydrogen-bond donors (Lipinski definition) is 1. The fraction of sp³-hybridized carbons (Fsp3) is 0.429.